The highest BCUT2D eigenvalue weighted by Gasteiger charge is 2.30. The molecule has 0 aliphatic heterocycles. The minimum atomic E-state index is -4.03. The summed E-state index contributed by atoms with van der Waals surface area (Å²) < 4.78 is 38.9. The Labute approximate surface area is 220 Å². The molecule has 0 fully saturated rings. The molecule has 1 amide bonds. The summed E-state index contributed by atoms with van der Waals surface area (Å²) in [4.78, 5) is 29.6. The molecule has 3 rings (SSSR count). The predicted molar refractivity (Wildman–Crippen MR) is 141 cm³/mol. The Bertz CT molecular complexity index is 1260. The van der Waals surface area contributed by atoms with Gasteiger partial charge in [-0.15, -0.1) is 11.3 Å². The third-order valence-corrected chi connectivity index (χ3v) is 6.92. The van der Waals surface area contributed by atoms with E-state index in [2.05, 4.69) is 20.3 Å². The van der Waals surface area contributed by atoms with Crippen molar-refractivity contribution in [2.45, 2.75) is 37.3 Å². The number of hydrogen-bond acceptors (Lipinski definition) is 9. The molecule has 0 radical (unpaired) electrons. The van der Waals surface area contributed by atoms with Gasteiger partial charge in [-0.25, -0.2) is 13.4 Å². The molecule has 0 saturated carbocycles. The van der Waals surface area contributed by atoms with Crippen molar-refractivity contribution in [2.24, 2.45) is 0 Å². The van der Waals surface area contributed by atoms with Crippen molar-refractivity contribution in [3.05, 3.63) is 71.7 Å². The molecule has 0 aliphatic rings. The van der Waals surface area contributed by atoms with Crippen LogP contribution in [0.5, 0.6) is 5.75 Å². The third kappa shape index (κ3) is 9.16. The van der Waals surface area contributed by atoms with Crippen LogP contribution in [0.1, 0.15) is 31.1 Å². The number of hydrogen-bond donors (Lipinski definition) is 3. The zero-order chi connectivity index (χ0) is 26.9. The maximum Gasteiger partial charge on any atom is 0.326 e. The lowest BCUT2D eigenvalue weighted by Crippen LogP contribution is -2.50. The molecule has 0 saturated heterocycles. The van der Waals surface area contributed by atoms with E-state index in [1.54, 1.807) is 69.4 Å². The first-order valence-electron chi connectivity index (χ1n) is 11.5. The monoisotopic (exact) mass is 546 g/mol. The summed E-state index contributed by atoms with van der Waals surface area (Å²) >= 11 is 1.50. The van der Waals surface area contributed by atoms with Gasteiger partial charge in [0.15, 0.2) is 5.13 Å². The summed E-state index contributed by atoms with van der Waals surface area (Å²) in [6, 6.07) is 12.8. The highest BCUT2D eigenvalue weighted by Crippen LogP contribution is 2.14. The molecule has 12 heteroatoms. The number of ether oxygens (including phenoxy) is 2. The first-order valence-corrected chi connectivity index (χ1v) is 13.8. The Hall–Kier alpha value is -3.48. The molecule has 198 valence electrons. The second kappa shape index (κ2) is 12.7. The largest absolute Gasteiger partial charge is 0.492 e. The van der Waals surface area contributed by atoms with Crippen molar-refractivity contribution in [3.63, 3.8) is 0 Å². The lowest BCUT2D eigenvalue weighted by atomic mass is 10.2. The number of nitrogens with zero attached hydrogens (tertiary/aromatic N) is 1. The minimum Gasteiger partial charge on any atom is -0.492 e. The molecule has 3 N–H and O–H groups in total. The fraction of sp³-hybridized carbons (Fsp3) is 0.320. The van der Waals surface area contributed by atoms with Crippen LogP contribution in [-0.4, -0.2) is 56.6 Å². The van der Waals surface area contributed by atoms with Crippen LogP contribution in [0.15, 0.2) is 71.1 Å². The number of aromatic nitrogens is 1. The van der Waals surface area contributed by atoms with Gasteiger partial charge in [0.25, 0.3) is 5.91 Å². The van der Waals surface area contributed by atoms with Crippen LogP contribution in [0.4, 0.5) is 5.13 Å². The number of carbonyl (C=O) groups is 2. The van der Waals surface area contributed by atoms with Crippen molar-refractivity contribution in [3.8, 4) is 5.75 Å². The standard InChI is InChI=1S/C25H30N4O6S2/c1-25(2,3)35-23(31)21(29-37(32,33)20-7-5-4-6-8-20)17-28-22(30)18-9-11-19(12-10-18)34-15-13-26-24-27-14-16-36-24/h4-12,14,16,21,29H,13,15,17H2,1-3H3,(H,26,27)(H,28,30). The molecule has 10 nitrogen and oxygen atoms in total. The highest BCUT2D eigenvalue weighted by atomic mass is 32.2. The Morgan fingerprint density at radius 3 is 2.38 bits per heavy atom. The number of benzene rings is 2. The van der Waals surface area contributed by atoms with E-state index >= 15 is 0 Å². The third-order valence-electron chi connectivity index (χ3n) is 4.70. The van der Waals surface area contributed by atoms with E-state index in [-0.39, 0.29) is 11.4 Å². The zero-order valence-corrected chi connectivity index (χ0v) is 22.4. The zero-order valence-electron chi connectivity index (χ0n) is 20.8. The maximum absolute atomic E-state index is 12.8. The Morgan fingerprint density at radius 2 is 1.76 bits per heavy atom. The van der Waals surface area contributed by atoms with E-state index in [1.165, 1.54) is 23.5 Å². The molecule has 0 bridgehead atoms. The fourth-order valence-electron chi connectivity index (χ4n) is 3.04. The molecule has 1 heterocycles. The van der Waals surface area contributed by atoms with Crippen LogP contribution in [0.2, 0.25) is 0 Å². The Kier molecular flexibility index (Phi) is 9.61. The van der Waals surface area contributed by atoms with E-state index in [9.17, 15) is 18.0 Å². The van der Waals surface area contributed by atoms with Crippen LogP contribution in [-0.2, 0) is 19.6 Å². The van der Waals surface area contributed by atoms with Gasteiger partial charge in [-0.1, -0.05) is 18.2 Å². The number of esters is 1. The summed E-state index contributed by atoms with van der Waals surface area (Å²) in [6.07, 6.45) is 1.71. The van der Waals surface area contributed by atoms with Crippen LogP contribution in [0.3, 0.4) is 0 Å². The summed E-state index contributed by atoms with van der Waals surface area (Å²) in [5, 5.41) is 8.42. The quantitative estimate of drug-likeness (QED) is 0.233. The van der Waals surface area contributed by atoms with E-state index in [4.69, 9.17) is 9.47 Å². The SMILES string of the molecule is CC(C)(C)OC(=O)C(CNC(=O)c1ccc(OCCNc2nccs2)cc1)NS(=O)(=O)c1ccccc1. The Balaban J connectivity index is 1.58. The molecule has 3 aromatic rings. The van der Waals surface area contributed by atoms with Gasteiger partial charge in [0.2, 0.25) is 10.0 Å². The molecule has 0 spiro atoms. The molecule has 2 aromatic carbocycles. The number of nitrogens with one attached hydrogen (secondary N) is 3. The van der Waals surface area contributed by atoms with E-state index in [1.807, 2.05) is 5.38 Å². The average Bonchev–Trinajstić information content (AvgIpc) is 3.38. The van der Waals surface area contributed by atoms with E-state index in [0.29, 0.717) is 24.5 Å². The van der Waals surface area contributed by atoms with E-state index in [0.717, 1.165) is 5.13 Å². The lowest BCUT2D eigenvalue weighted by Gasteiger charge is -2.24. The molecular formula is C25H30N4O6S2. The Morgan fingerprint density at radius 1 is 1.05 bits per heavy atom. The van der Waals surface area contributed by atoms with Gasteiger partial charge in [0.05, 0.1) is 11.4 Å². The summed E-state index contributed by atoms with van der Waals surface area (Å²) in [7, 11) is -4.03. The van der Waals surface area contributed by atoms with Crippen LogP contribution < -0.4 is 20.1 Å². The van der Waals surface area contributed by atoms with Crippen LogP contribution in [0.25, 0.3) is 0 Å². The molecule has 1 atom stereocenters. The summed E-state index contributed by atoms with van der Waals surface area (Å²) in [5.74, 6) is -0.702. The average molecular weight is 547 g/mol. The topological polar surface area (TPSA) is 136 Å². The van der Waals surface area contributed by atoms with Crippen molar-refractivity contribution >= 4 is 38.4 Å². The molecule has 1 unspecified atom stereocenters. The van der Waals surface area contributed by atoms with Gasteiger partial charge in [-0.2, -0.15) is 4.72 Å². The normalized spacial score (nSPS) is 12.4. The summed E-state index contributed by atoms with van der Waals surface area (Å²) in [5.41, 5.74) is -0.523. The maximum atomic E-state index is 12.8. The molecule has 37 heavy (non-hydrogen) atoms. The van der Waals surface area contributed by atoms with Crippen molar-refractivity contribution < 1.29 is 27.5 Å². The van der Waals surface area contributed by atoms with Gasteiger partial charge < -0.3 is 20.1 Å². The molecule has 1 aromatic heterocycles. The fourth-order valence-corrected chi connectivity index (χ4v) is 4.80. The number of rotatable bonds is 12. The number of sulfonamides is 1. The number of carbonyl (C=O) groups excluding carboxylic acids is 2. The van der Waals surface area contributed by atoms with Crippen LogP contribution >= 0.6 is 11.3 Å². The first kappa shape index (κ1) is 28.1. The van der Waals surface area contributed by atoms with E-state index < -0.39 is 33.5 Å². The van der Waals surface area contributed by atoms with Gasteiger partial charge in [-0.3, -0.25) is 9.59 Å². The van der Waals surface area contributed by atoms with Gasteiger partial charge in [0, 0.05) is 23.7 Å². The van der Waals surface area contributed by atoms with Crippen molar-refractivity contribution in [1.29, 1.82) is 0 Å². The lowest BCUT2D eigenvalue weighted by molar-refractivity contribution is -0.156. The number of anilines is 1. The van der Waals surface area contributed by atoms with Crippen molar-refractivity contribution in [1.82, 2.24) is 15.0 Å². The smallest absolute Gasteiger partial charge is 0.326 e. The summed E-state index contributed by atoms with van der Waals surface area (Å²) in [6.45, 7) is 5.69. The first-order chi connectivity index (χ1) is 17.5. The van der Waals surface area contributed by atoms with Gasteiger partial charge in [-0.05, 0) is 57.2 Å². The van der Waals surface area contributed by atoms with Crippen LogP contribution in [0, 0.1) is 0 Å². The molecular weight excluding hydrogens is 516 g/mol. The van der Waals surface area contributed by atoms with Gasteiger partial charge in [0.1, 0.15) is 24.0 Å². The van der Waals surface area contributed by atoms with Gasteiger partial charge >= 0.3 is 5.97 Å². The minimum absolute atomic E-state index is 0.00711. The number of amides is 1. The van der Waals surface area contributed by atoms with Crippen molar-refractivity contribution in [2.75, 3.05) is 25.0 Å². The number of thiazole rings is 1. The second-order valence-corrected chi connectivity index (χ2v) is 11.5. The molecule has 0 aliphatic carbocycles. The predicted octanol–water partition coefficient (Wildman–Crippen LogP) is 3.05. The second-order valence-electron chi connectivity index (χ2n) is 8.87. The highest BCUT2D eigenvalue weighted by molar-refractivity contribution is 7.89.